The Labute approximate surface area is 286 Å². The number of rotatable bonds is 6. The molecule has 1 aliphatic rings. The Morgan fingerprint density at radius 3 is 1.87 bits per heavy atom. The quantitative estimate of drug-likeness (QED) is 0.127. The number of benzene rings is 3. The molecule has 3 aromatic carbocycles. The Kier molecular flexibility index (Phi) is 11.9. The molecule has 1 fully saturated rings. The number of aryl methyl sites for hydroxylation is 3. The summed E-state index contributed by atoms with van der Waals surface area (Å²) < 4.78 is 0. The van der Waals surface area contributed by atoms with Crippen molar-refractivity contribution >= 4 is 13.3 Å². The van der Waals surface area contributed by atoms with Gasteiger partial charge in [0.15, 0.2) is 0 Å². The monoisotopic (exact) mass is 787 g/mol. The van der Waals surface area contributed by atoms with Crippen molar-refractivity contribution in [2.24, 2.45) is 5.92 Å². The largest absolute Gasteiger partial charge is 0.305 e. The minimum atomic E-state index is -1.39. The third-order valence-electron chi connectivity index (χ3n) is 9.04. The van der Waals surface area contributed by atoms with Gasteiger partial charge in [0.2, 0.25) is 0 Å². The Bertz CT molecular complexity index is 1660. The topological polar surface area (TPSA) is 25.8 Å². The molecule has 4 heteroatoms. The number of pyridine rings is 2. The molecule has 45 heavy (non-hydrogen) atoms. The molecule has 0 aliphatic heterocycles. The van der Waals surface area contributed by atoms with Crippen LogP contribution in [-0.4, -0.2) is 18.0 Å². The Hall–Kier alpha value is -3.17. The molecule has 1 saturated carbocycles. The molecule has 0 amide bonds. The second-order valence-electron chi connectivity index (χ2n) is 13.5. The minimum absolute atomic E-state index is 0. The second kappa shape index (κ2) is 15.4. The van der Waals surface area contributed by atoms with Gasteiger partial charge in [-0.3, -0.25) is 0 Å². The first kappa shape index (κ1) is 34.7. The molecule has 0 spiro atoms. The molecule has 1 atom stereocenters. The zero-order valence-corrected chi connectivity index (χ0v) is 31.3. The van der Waals surface area contributed by atoms with Crippen molar-refractivity contribution < 1.29 is 20.1 Å². The predicted octanol–water partition coefficient (Wildman–Crippen LogP) is 10.5. The fourth-order valence-corrected chi connectivity index (χ4v) is 8.42. The fourth-order valence-electron chi connectivity index (χ4n) is 6.81. The number of hydrogen-bond donors (Lipinski definition) is 0. The maximum atomic E-state index is 4.79. The van der Waals surface area contributed by atoms with Crippen LogP contribution in [0.3, 0.4) is 0 Å². The first-order valence-corrected chi connectivity index (χ1v) is 19.6. The van der Waals surface area contributed by atoms with E-state index < -0.39 is 8.07 Å². The molecule has 1 radical (unpaired) electrons. The molecule has 0 N–H and O–H groups in total. The summed E-state index contributed by atoms with van der Waals surface area (Å²) in [4.78, 5) is 9.27. The van der Waals surface area contributed by atoms with Gasteiger partial charge in [0.25, 0.3) is 0 Å². The van der Waals surface area contributed by atoms with Crippen LogP contribution < -0.4 is 5.19 Å². The maximum Gasteiger partial charge on any atom is 0.0799 e. The Morgan fingerprint density at radius 1 is 0.756 bits per heavy atom. The van der Waals surface area contributed by atoms with Crippen molar-refractivity contribution in [3.8, 4) is 33.6 Å². The van der Waals surface area contributed by atoms with Gasteiger partial charge in [0.05, 0.1) is 8.07 Å². The van der Waals surface area contributed by atoms with Crippen LogP contribution in [0.25, 0.3) is 33.6 Å². The summed E-state index contributed by atoms with van der Waals surface area (Å²) in [5.41, 5.74) is 12.2. The van der Waals surface area contributed by atoms with Crippen molar-refractivity contribution in [2.45, 2.75) is 78.9 Å². The van der Waals surface area contributed by atoms with Gasteiger partial charge in [0, 0.05) is 32.5 Å². The van der Waals surface area contributed by atoms with Crippen LogP contribution in [0.1, 0.15) is 60.8 Å². The maximum absolute atomic E-state index is 4.79. The molecular weight excluding hydrogens is 741 g/mol. The van der Waals surface area contributed by atoms with E-state index in [0.717, 1.165) is 28.4 Å². The summed E-state index contributed by atoms with van der Waals surface area (Å²) in [5, 5.41) is 1.54. The summed E-state index contributed by atoms with van der Waals surface area (Å²) in [7, 11) is -1.39. The van der Waals surface area contributed by atoms with Crippen LogP contribution in [0.4, 0.5) is 0 Å². The van der Waals surface area contributed by atoms with E-state index in [-0.39, 0.29) is 20.1 Å². The van der Waals surface area contributed by atoms with Gasteiger partial charge >= 0.3 is 0 Å². The number of hydrogen-bond acceptors (Lipinski definition) is 2. The van der Waals surface area contributed by atoms with Gasteiger partial charge in [-0.1, -0.05) is 74.8 Å². The Morgan fingerprint density at radius 2 is 1.33 bits per heavy atom. The number of aromatic nitrogens is 2. The molecular formula is C41H46IrN2Si-2. The molecule has 1 aliphatic carbocycles. The summed E-state index contributed by atoms with van der Waals surface area (Å²) >= 11 is 0. The van der Waals surface area contributed by atoms with Crippen LogP contribution in [0.15, 0.2) is 91.3 Å². The third kappa shape index (κ3) is 8.55. The van der Waals surface area contributed by atoms with E-state index >= 15 is 0 Å². The Balaban J connectivity index is 0.000000201. The van der Waals surface area contributed by atoms with E-state index in [4.69, 9.17) is 4.98 Å². The fraction of sp³-hybridized carbons (Fsp3) is 0.317. The van der Waals surface area contributed by atoms with Crippen LogP contribution in [0.2, 0.25) is 19.6 Å². The van der Waals surface area contributed by atoms with E-state index in [1.54, 1.807) is 5.56 Å². The van der Waals surface area contributed by atoms with E-state index in [2.05, 4.69) is 113 Å². The average Bonchev–Trinajstić information content (AvgIpc) is 3.56. The predicted molar refractivity (Wildman–Crippen MR) is 190 cm³/mol. The number of nitrogens with zero attached hydrogens (tertiary/aromatic N) is 2. The summed E-state index contributed by atoms with van der Waals surface area (Å²) in [6.45, 7) is 16.2. The molecule has 2 nitrogen and oxygen atoms in total. The molecule has 235 valence electrons. The zero-order valence-electron chi connectivity index (χ0n) is 27.9. The van der Waals surface area contributed by atoms with Crippen LogP contribution in [0, 0.1) is 38.8 Å². The molecule has 1 unspecified atom stereocenters. The second-order valence-corrected chi connectivity index (χ2v) is 18.5. The summed E-state index contributed by atoms with van der Waals surface area (Å²) in [6, 6.07) is 33.8. The molecule has 0 bridgehead atoms. The van der Waals surface area contributed by atoms with E-state index in [0.29, 0.717) is 5.92 Å². The average molecular weight is 787 g/mol. The smallest absolute Gasteiger partial charge is 0.0799 e. The molecule has 0 saturated heterocycles. The standard InChI is InChI=1S/C21H28NSi.C20H18N.Ir/c1-16(17-10-8-9-11-17)19-14-20(18-12-6-5-7-13-18)22-15-21(19)23(2,3)4;1-14-11-15(2)20(16(3)12-14)18-9-10-21-19(13-18)17-7-5-4-6-8-17;/h5-7,12,14-17H,8-11H2,1-4H3;4-7,9-13H,1-3H3;/q2*-1;. The van der Waals surface area contributed by atoms with Gasteiger partial charge in [-0.25, -0.2) is 0 Å². The van der Waals surface area contributed by atoms with Crippen molar-refractivity contribution in [3.63, 3.8) is 0 Å². The zero-order chi connectivity index (χ0) is 31.3. The van der Waals surface area contributed by atoms with Crippen LogP contribution in [-0.2, 0) is 20.1 Å². The van der Waals surface area contributed by atoms with Gasteiger partial charge in [-0.2, -0.15) is 0 Å². The molecule has 2 heterocycles. The van der Waals surface area contributed by atoms with Crippen LogP contribution in [0.5, 0.6) is 0 Å². The summed E-state index contributed by atoms with van der Waals surface area (Å²) in [6.07, 6.45) is 9.64. The van der Waals surface area contributed by atoms with Gasteiger partial charge in [0.1, 0.15) is 0 Å². The van der Waals surface area contributed by atoms with Crippen molar-refractivity contribution in [3.05, 3.63) is 126 Å². The van der Waals surface area contributed by atoms with E-state index in [1.165, 1.54) is 58.7 Å². The van der Waals surface area contributed by atoms with Crippen LogP contribution >= 0.6 is 0 Å². The van der Waals surface area contributed by atoms with E-state index in [9.17, 15) is 0 Å². The SMILES string of the molecule is CC(c1cc(-c2[c-]cccc2)ncc1[Si](C)(C)C)C1CCCC1.Cc1cc(C)c(-c2ccnc(-c3[c-]cccc3)c2)c(C)c1.[Ir]. The molecule has 2 aromatic heterocycles. The molecule has 5 aromatic rings. The van der Waals surface area contributed by atoms with Gasteiger partial charge in [-0.05, 0) is 90.3 Å². The normalized spacial score (nSPS) is 13.8. The van der Waals surface area contributed by atoms with E-state index in [1.807, 2.05) is 42.6 Å². The van der Waals surface area contributed by atoms with Gasteiger partial charge in [-0.15, -0.1) is 71.8 Å². The summed E-state index contributed by atoms with van der Waals surface area (Å²) in [5.74, 6) is 1.49. The van der Waals surface area contributed by atoms with Crippen molar-refractivity contribution in [2.75, 3.05) is 0 Å². The molecule has 6 rings (SSSR count). The van der Waals surface area contributed by atoms with Gasteiger partial charge < -0.3 is 9.97 Å². The first-order valence-electron chi connectivity index (χ1n) is 16.1. The first-order chi connectivity index (χ1) is 21.1. The third-order valence-corrected chi connectivity index (χ3v) is 11.1. The minimum Gasteiger partial charge on any atom is -0.305 e. The van der Waals surface area contributed by atoms with Crippen molar-refractivity contribution in [1.82, 2.24) is 9.97 Å². The van der Waals surface area contributed by atoms with Crippen molar-refractivity contribution in [1.29, 1.82) is 0 Å².